The molecule has 1 unspecified atom stereocenters. The molecule has 1 amide bonds. The van der Waals surface area contributed by atoms with Crippen molar-refractivity contribution < 1.29 is 4.79 Å². The summed E-state index contributed by atoms with van der Waals surface area (Å²) in [6, 6.07) is 2.89. The van der Waals surface area contributed by atoms with Crippen molar-refractivity contribution in [3.63, 3.8) is 0 Å². The Morgan fingerprint density at radius 1 is 1.50 bits per heavy atom. The Bertz CT molecular complexity index is 447. The fourth-order valence-electron chi connectivity index (χ4n) is 2.54. The van der Waals surface area contributed by atoms with Crippen LogP contribution < -0.4 is 11.1 Å². The van der Waals surface area contributed by atoms with Crippen LogP contribution in [-0.2, 0) is 0 Å². The van der Waals surface area contributed by atoms with Crippen molar-refractivity contribution in [2.75, 3.05) is 18.8 Å². The number of rotatable bonds is 3. The molecule has 1 atom stereocenters. The van der Waals surface area contributed by atoms with Gasteiger partial charge in [0.25, 0.3) is 5.91 Å². The summed E-state index contributed by atoms with van der Waals surface area (Å²) in [7, 11) is 0. The molecule has 4 nitrogen and oxygen atoms in total. The molecule has 18 heavy (non-hydrogen) atoms. The molecule has 3 N–H and O–H groups in total. The number of hydrogen-bond acceptors (Lipinski definition) is 4. The fraction of sp³-hybridized carbons (Fsp3) is 0.615. The number of anilines is 1. The largest absolute Gasteiger partial charge is 0.398 e. The molecule has 2 fully saturated rings. The van der Waals surface area contributed by atoms with Gasteiger partial charge in [-0.05, 0) is 32.3 Å². The van der Waals surface area contributed by atoms with Crippen LogP contribution in [0.25, 0.3) is 0 Å². The van der Waals surface area contributed by atoms with E-state index in [9.17, 15) is 4.79 Å². The molecule has 2 heterocycles. The lowest BCUT2D eigenvalue weighted by Gasteiger charge is -2.15. The number of hydrogen-bond donors (Lipinski definition) is 2. The minimum Gasteiger partial charge on any atom is -0.398 e. The van der Waals surface area contributed by atoms with Crippen LogP contribution in [0, 0.1) is 6.92 Å². The average Bonchev–Trinajstić information content (AvgIpc) is 3.00. The van der Waals surface area contributed by atoms with Gasteiger partial charge >= 0.3 is 0 Å². The Balaban J connectivity index is 1.57. The summed E-state index contributed by atoms with van der Waals surface area (Å²) < 4.78 is 0. The average molecular weight is 265 g/mol. The van der Waals surface area contributed by atoms with Crippen LogP contribution in [0.3, 0.4) is 0 Å². The highest BCUT2D eigenvalue weighted by Gasteiger charge is 2.34. The molecule has 0 radical (unpaired) electrons. The Morgan fingerprint density at radius 2 is 2.28 bits per heavy atom. The molecule has 0 spiro atoms. The van der Waals surface area contributed by atoms with Gasteiger partial charge in [0.1, 0.15) is 0 Å². The number of carbonyl (C=O) groups is 1. The molecule has 1 saturated heterocycles. The van der Waals surface area contributed by atoms with Crippen LogP contribution in [0.1, 0.15) is 33.8 Å². The van der Waals surface area contributed by atoms with Crippen LogP contribution in [0.5, 0.6) is 0 Å². The summed E-state index contributed by atoms with van der Waals surface area (Å²) in [5, 5.41) is 3.12. The molecule has 1 aromatic heterocycles. The number of nitrogens with zero attached hydrogens (tertiary/aromatic N) is 1. The van der Waals surface area contributed by atoms with E-state index in [-0.39, 0.29) is 5.91 Å². The number of amides is 1. The maximum absolute atomic E-state index is 12.1. The number of likely N-dealkylation sites (tertiary alicyclic amines) is 1. The van der Waals surface area contributed by atoms with E-state index in [0.29, 0.717) is 6.04 Å². The third kappa shape index (κ3) is 2.37. The number of nitrogens with one attached hydrogen (secondary N) is 1. The monoisotopic (exact) mass is 265 g/mol. The summed E-state index contributed by atoms with van der Waals surface area (Å²) >= 11 is 1.47. The molecule has 1 saturated carbocycles. The predicted octanol–water partition coefficient (Wildman–Crippen LogP) is 1.61. The zero-order valence-corrected chi connectivity index (χ0v) is 11.4. The van der Waals surface area contributed by atoms with Gasteiger partial charge in [-0.1, -0.05) is 0 Å². The fourth-order valence-corrected chi connectivity index (χ4v) is 3.39. The van der Waals surface area contributed by atoms with Crippen molar-refractivity contribution in [3.05, 3.63) is 15.8 Å². The first kappa shape index (κ1) is 12.0. The van der Waals surface area contributed by atoms with E-state index in [1.807, 2.05) is 6.92 Å². The second-order valence-electron chi connectivity index (χ2n) is 5.31. The Morgan fingerprint density at radius 3 is 2.89 bits per heavy atom. The first-order valence-corrected chi connectivity index (χ1v) is 7.36. The number of aryl methyl sites for hydroxylation is 1. The molecule has 5 heteroatoms. The van der Waals surface area contributed by atoms with Crippen molar-refractivity contribution in [1.29, 1.82) is 0 Å². The predicted molar refractivity (Wildman–Crippen MR) is 73.9 cm³/mol. The van der Waals surface area contributed by atoms with Crippen molar-refractivity contribution in [2.45, 2.75) is 38.3 Å². The second-order valence-corrected chi connectivity index (χ2v) is 6.56. The lowest BCUT2D eigenvalue weighted by Crippen LogP contribution is -2.37. The number of nitrogen functional groups attached to an aromatic ring is 1. The van der Waals surface area contributed by atoms with E-state index >= 15 is 0 Å². The van der Waals surface area contributed by atoms with Crippen molar-refractivity contribution in [1.82, 2.24) is 10.2 Å². The summed E-state index contributed by atoms with van der Waals surface area (Å²) in [5.74, 6) is 0.0300. The van der Waals surface area contributed by atoms with Crippen molar-refractivity contribution in [3.8, 4) is 0 Å². The van der Waals surface area contributed by atoms with Gasteiger partial charge < -0.3 is 11.1 Å². The maximum Gasteiger partial charge on any atom is 0.261 e. The quantitative estimate of drug-likeness (QED) is 0.873. The first-order valence-electron chi connectivity index (χ1n) is 6.54. The second kappa shape index (κ2) is 4.55. The van der Waals surface area contributed by atoms with Crippen molar-refractivity contribution >= 4 is 22.9 Å². The van der Waals surface area contributed by atoms with Gasteiger partial charge in [-0.2, -0.15) is 0 Å². The van der Waals surface area contributed by atoms with Gasteiger partial charge in [0, 0.05) is 35.7 Å². The maximum atomic E-state index is 12.1. The van der Waals surface area contributed by atoms with E-state index in [4.69, 9.17) is 5.73 Å². The third-order valence-electron chi connectivity index (χ3n) is 3.80. The Kier molecular flexibility index (Phi) is 3.03. The van der Waals surface area contributed by atoms with Gasteiger partial charge in [0.2, 0.25) is 0 Å². The standard InChI is InChI=1S/C13H19N3OS/c1-8-11(14)6-12(18-8)13(17)15-9-4-5-16(7-9)10-2-3-10/h6,9-10H,2-5,7,14H2,1H3,(H,15,17). The van der Waals surface area contributed by atoms with Gasteiger partial charge in [0.15, 0.2) is 0 Å². The van der Waals surface area contributed by atoms with E-state index in [1.54, 1.807) is 6.07 Å². The minimum absolute atomic E-state index is 0.0300. The molecule has 0 bridgehead atoms. The van der Waals surface area contributed by atoms with Gasteiger partial charge in [-0.25, -0.2) is 0 Å². The van der Waals surface area contributed by atoms with Crippen LogP contribution in [0.4, 0.5) is 5.69 Å². The number of nitrogens with two attached hydrogens (primary N) is 1. The molecule has 1 aliphatic carbocycles. The zero-order valence-electron chi connectivity index (χ0n) is 10.6. The summed E-state index contributed by atoms with van der Waals surface area (Å²) in [6.07, 6.45) is 3.74. The molecule has 2 aliphatic rings. The summed E-state index contributed by atoms with van der Waals surface area (Å²) in [4.78, 5) is 16.3. The van der Waals surface area contributed by atoms with Crippen LogP contribution in [-0.4, -0.2) is 36.0 Å². The molecule has 98 valence electrons. The normalized spacial score (nSPS) is 24.4. The molecule has 3 rings (SSSR count). The van der Waals surface area contributed by atoms with E-state index in [1.165, 1.54) is 24.2 Å². The molecule has 1 aromatic rings. The first-order chi connectivity index (χ1) is 8.63. The van der Waals surface area contributed by atoms with E-state index in [2.05, 4.69) is 10.2 Å². The Labute approximate surface area is 111 Å². The van der Waals surface area contributed by atoms with Crippen LogP contribution >= 0.6 is 11.3 Å². The highest BCUT2D eigenvalue weighted by molar-refractivity contribution is 7.14. The Hall–Kier alpha value is -1.07. The SMILES string of the molecule is Cc1sc(C(=O)NC2CCN(C3CC3)C2)cc1N. The number of thiophene rings is 1. The number of carbonyl (C=O) groups excluding carboxylic acids is 1. The van der Waals surface area contributed by atoms with Gasteiger partial charge in [-0.3, -0.25) is 9.69 Å². The minimum atomic E-state index is 0.0300. The smallest absolute Gasteiger partial charge is 0.261 e. The highest BCUT2D eigenvalue weighted by Crippen LogP contribution is 2.30. The van der Waals surface area contributed by atoms with Gasteiger partial charge in [-0.15, -0.1) is 11.3 Å². The molecule has 1 aliphatic heterocycles. The van der Waals surface area contributed by atoms with Crippen LogP contribution in [0.15, 0.2) is 6.07 Å². The summed E-state index contributed by atoms with van der Waals surface area (Å²) in [6.45, 7) is 4.08. The van der Waals surface area contributed by atoms with Crippen molar-refractivity contribution in [2.24, 2.45) is 0 Å². The third-order valence-corrected chi connectivity index (χ3v) is 4.86. The van der Waals surface area contributed by atoms with Crippen LogP contribution in [0.2, 0.25) is 0 Å². The highest BCUT2D eigenvalue weighted by atomic mass is 32.1. The molecule has 0 aromatic carbocycles. The lowest BCUT2D eigenvalue weighted by molar-refractivity contribution is 0.0941. The van der Waals surface area contributed by atoms with Gasteiger partial charge in [0.05, 0.1) is 4.88 Å². The molecular weight excluding hydrogens is 246 g/mol. The van der Waals surface area contributed by atoms with E-state index < -0.39 is 0 Å². The topological polar surface area (TPSA) is 58.4 Å². The molecular formula is C13H19N3OS. The zero-order chi connectivity index (χ0) is 12.7. The summed E-state index contributed by atoms with van der Waals surface area (Å²) in [5.41, 5.74) is 6.50. The van der Waals surface area contributed by atoms with E-state index in [0.717, 1.165) is 41.0 Å². The lowest BCUT2D eigenvalue weighted by atomic mass is 10.2.